The molecular formula is C16H16Cl2O2S. The van der Waals surface area contributed by atoms with Crippen LogP contribution < -0.4 is 0 Å². The molecule has 1 aromatic carbocycles. The number of rotatable bonds is 6. The first-order valence-corrected chi connectivity index (χ1v) is 8.22. The van der Waals surface area contributed by atoms with Gasteiger partial charge in [0.25, 0.3) is 0 Å². The Bertz CT molecular complexity index is 610. The minimum Gasteiger partial charge on any atom is -0.469 e. The van der Waals surface area contributed by atoms with E-state index in [0.717, 1.165) is 22.7 Å². The number of hydrogen-bond donors (Lipinski definition) is 0. The summed E-state index contributed by atoms with van der Waals surface area (Å²) in [5.41, 5.74) is 1.14. The van der Waals surface area contributed by atoms with Crippen LogP contribution in [0.3, 0.4) is 0 Å². The van der Waals surface area contributed by atoms with E-state index in [4.69, 9.17) is 27.9 Å². The molecule has 0 aliphatic rings. The first-order valence-electron chi connectivity index (χ1n) is 6.65. The lowest BCUT2D eigenvalue weighted by molar-refractivity contribution is -0.140. The molecule has 0 aliphatic heterocycles. The first kappa shape index (κ1) is 16.3. The fourth-order valence-corrected chi connectivity index (χ4v) is 3.61. The van der Waals surface area contributed by atoms with Crippen molar-refractivity contribution in [3.05, 3.63) is 56.2 Å². The van der Waals surface area contributed by atoms with Crippen LogP contribution in [0.25, 0.3) is 0 Å². The van der Waals surface area contributed by atoms with Crippen LogP contribution in [0.15, 0.2) is 36.4 Å². The van der Waals surface area contributed by atoms with Gasteiger partial charge in [-0.15, -0.1) is 11.3 Å². The number of ether oxygens (including phenoxy) is 1. The van der Waals surface area contributed by atoms with Crippen LogP contribution in [-0.4, -0.2) is 13.1 Å². The van der Waals surface area contributed by atoms with Gasteiger partial charge in [0.05, 0.1) is 11.4 Å². The van der Waals surface area contributed by atoms with Crippen LogP contribution >= 0.6 is 34.5 Å². The number of carbonyl (C=O) groups excluding carboxylic acids is 1. The Labute approximate surface area is 138 Å². The summed E-state index contributed by atoms with van der Waals surface area (Å²) < 4.78 is 5.51. The zero-order valence-corrected chi connectivity index (χ0v) is 14.0. The number of carbonyl (C=O) groups is 1. The number of benzene rings is 1. The maximum atomic E-state index is 11.4. The molecule has 1 heterocycles. The van der Waals surface area contributed by atoms with E-state index in [9.17, 15) is 4.79 Å². The topological polar surface area (TPSA) is 26.3 Å². The highest BCUT2D eigenvalue weighted by Gasteiger charge is 2.16. The molecule has 1 aromatic heterocycles. The highest BCUT2D eigenvalue weighted by atomic mass is 35.5. The molecule has 2 nitrogen and oxygen atoms in total. The van der Waals surface area contributed by atoms with Crippen molar-refractivity contribution >= 4 is 40.5 Å². The van der Waals surface area contributed by atoms with Gasteiger partial charge in [-0.25, -0.2) is 0 Å². The van der Waals surface area contributed by atoms with Gasteiger partial charge in [-0.2, -0.15) is 0 Å². The lowest BCUT2D eigenvalue weighted by Crippen LogP contribution is -2.07. The third-order valence-electron chi connectivity index (χ3n) is 3.32. The smallest absolute Gasteiger partial charge is 0.305 e. The normalized spacial score (nSPS) is 12.1. The highest BCUT2D eigenvalue weighted by molar-refractivity contribution is 7.16. The Kier molecular flexibility index (Phi) is 6.09. The van der Waals surface area contributed by atoms with Crippen molar-refractivity contribution in [3.8, 4) is 0 Å². The van der Waals surface area contributed by atoms with Gasteiger partial charge in [0.1, 0.15) is 0 Å². The highest BCUT2D eigenvalue weighted by Crippen LogP contribution is 2.31. The number of halogens is 2. The molecule has 5 heteroatoms. The van der Waals surface area contributed by atoms with Crippen LogP contribution in [-0.2, 0) is 16.0 Å². The standard InChI is InChI=1S/C16H16Cl2O2S/c1-20-16(19)8-5-12(10-14-6-7-15(18)21-14)11-3-2-4-13(17)9-11/h2-4,6-7,9,12H,5,8,10H2,1H3/t12-/m1/s1. The summed E-state index contributed by atoms with van der Waals surface area (Å²) in [7, 11) is 1.41. The maximum Gasteiger partial charge on any atom is 0.305 e. The lowest BCUT2D eigenvalue weighted by atomic mass is 9.90. The molecule has 0 N–H and O–H groups in total. The summed E-state index contributed by atoms with van der Waals surface area (Å²) in [6.45, 7) is 0. The van der Waals surface area contributed by atoms with Crippen molar-refractivity contribution in [1.82, 2.24) is 0 Å². The van der Waals surface area contributed by atoms with Crippen molar-refractivity contribution in [2.75, 3.05) is 7.11 Å². The third-order valence-corrected chi connectivity index (χ3v) is 4.81. The molecule has 0 radical (unpaired) electrons. The van der Waals surface area contributed by atoms with Gasteiger partial charge in [0.15, 0.2) is 0 Å². The fourth-order valence-electron chi connectivity index (χ4n) is 2.25. The average molecular weight is 343 g/mol. The molecule has 0 spiro atoms. The molecule has 0 fully saturated rings. The Morgan fingerprint density at radius 3 is 2.71 bits per heavy atom. The minimum atomic E-state index is -0.189. The number of hydrogen-bond acceptors (Lipinski definition) is 3. The van der Waals surface area contributed by atoms with Crippen molar-refractivity contribution < 1.29 is 9.53 Å². The van der Waals surface area contributed by atoms with Crippen molar-refractivity contribution in [1.29, 1.82) is 0 Å². The Balaban J connectivity index is 2.15. The molecule has 112 valence electrons. The zero-order valence-electron chi connectivity index (χ0n) is 11.6. The second-order valence-electron chi connectivity index (χ2n) is 4.78. The second-order valence-corrected chi connectivity index (χ2v) is 7.01. The van der Waals surface area contributed by atoms with E-state index in [1.807, 2.05) is 36.4 Å². The molecule has 0 saturated heterocycles. The summed E-state index contributed by atoms with van der Waals surface area (Å²) in [5.74, 6) is 0.0313. The van der Waals surface area contributed by atoms with E-state index in [0.29, 0.717) is 11.4 Å². The molecular weight excluding hydrogens is 327 g/mol. The quantitative estimate of drug-likeness (QED) is 0.662. The molecule has 0 bridgehead atoms. The van der Waals surface area contributed by atoms with E-state index >= 15 is 0 Å². The van der Waals surface area contributed by atoms with E-state index in [1.165, 1.54) is 12.0 Å². The van der Waals surface area contributed by atoms with Gasteiger partial charge in [-0.1, -0.05) is 35.3 Å². The average Bonchev–Trinajstić information content (AvgIpc) is 2.88. The third kappa shape index (κ3) is 5.03. The van der Waals surface area contributed by atoms with Crippen LogP contribution in [0, 0.1) is 0 Å². The molecule has 0 aliphatic carbocycles. The van der Waals surface area contributed by atoms with Gasteiger partial charge in [0, 0.05) is 16.3 Å². The fraction of sp³-hybridized carbons (Fsp3) is 0.312. The van der Waals surface area contributed by atoms with Crippen molar-refractivity contribution in [3.63, 3.8) is 0 Å². The largest absolute Gasteiger partial charge is 0.469 e. The van der Waals surface area contributed by atoms with Gasteiger partial charge in [0.2, 0.25) is 0 Å². The Hall–Kier alpha value is -1.03. The SMILES string of the molecule is COC(=O)CC[C@H](Cc1ccc(Cl)s1)c1cccc(Cl)c1. The summed E-state index contributed by atoms with van der Waals surface area (Å²) in [4.78, 5) is 12.6. The van der Waals surface area contributed by atoms with Gasteiger partial charge >= 0.3 is 5.97 Å². The Morgan fingerprint density at radius 1 is 1.29 bits per heavy atom. The monoisotopic (exact) mass is 342 g/mol. The number of thiophene rings is 1. The second kappa shape index (κ2) is 7.83. The summed E-state index contributed by atoms with van der Waals surface area (Å²) in [6, 6.07) is 11.7. The summed E-state index contributed by atoms with van der Waals surface area (Å²) >= 11 is 13.6. The van der Waals surface area contributed by atoms with Gasteiger partial charge < -0.3 is 4.74 Å². The predicted molar refractivity (Wildman–Crippen MR) is 88.5 cm³/mol. The molecule has 0 saturated carbocycles. The lowest BCUT2D eigenvalue weighted by Gasteiger charge is -2.16. The van der Waals surface area contributed by atoms with E-state index in [1.54, 1.807) is 11.3 Å². The van der Waals surface area contributed by atoms with Crippen molar-refractivity contribution in [2.45, 2.75) is 25.2 Å². The van der Waals surface area contributed by atoms with Crippen LogP contribution in [0.5, 0.6) is 0 Å². The summed E-state index contributed by atoms with van der Waals surface area (Å²) in [5, 5.41) is 0.708. The predicted octanol–water partition coefficient (Wildman–Crippen LogP) is 5.33. The number of esters is 1. The van der Waals surface area contributed by atoms with Gasteiger partial charge in [-0.05, 0) is 48.6 Å². The molecule has 1 atom stereocenters. The first-order chi connectivity index (χ1) is 10.1. The van der Waals surface area contributed by atoms with Crippen molar-refractivity contribution in [2.24, 2.45) is 0 Å². The molecule has 0 amide bonds. The van der Waals surface area contributed by atoms with E-state index in [-0.39, 0.29) is 11.9 Å². The molecule has 2 rings (SSSR count). The van der Waals surface area contributed by atoms with Gasteiger partial charge in [-0.3, -0.25) is 4.79 Å². The van der Waals surface area contributed by atoms with Crippen LogP contribution in [0.2, 0.25) is 9.36 Å². The summed E-state index contributed by atoms with van der Waals surface area (Å²) in [6.07, 6.45) is 1.96. The number of methoxy groups -OCH3 is 1. The molecule has 21 heavy (non-hydrogen) atoms. The zero-order chi connectivity index (χ0) is 15.2. The molecule has 0 unspecified atom stereocenters. The van der Waals surface area contributed by atoms with E-state index in [2.05, 4.69) is 0 Å². The maximum absolute atomic E-state index is 11.4. The van der Waals surface area contributed by atoms with Crippen LogP contribution in [0.4, 0.5) is 0 Å². The van der Waals surface area contributed by atoms with Crippen LogP contribution in [0.1, 0.15) is 29.2 Å². The minimum absolute atomic E-state index is 0.189. The van der Waals surface area contributed by atoms with E-state index < -0.39 is 0 Å². The Morgan fingerprint density at radius 2 is 2.10 bits per heavy atom. The molecule has 2 aromatic rings.